The van der Waals surface area contributed by atoms with Crippen LogP contribution in [0.5, 0.6) is 0 Å². The Kier molecular flexibility index (Phi) is 8.92. The lowest BCUT2D eigenvalue weighted by Crippen LogP contribution is -2.36. The van der Waals surface area contributed by atoms with Crippen LogP contribution in [0.3, 0.4) is 0 Å². The van der Waals surface area contributed by atoms with Crippen molar-refractivity contribution in [3.63, 3.8) is 0 Å². The first-order valence-electron chi connectivity index (χ1n) is 12.8. The van der Waals surface area contributed by atoms with Gasteiger partial charge < -0.3 is 18.8 Å². The minimum Gasteiger partial charge on any atom is -0.361 e. The lowest BCUT2D eigenvalue weighted by Gasteiger charge is -2.23. The number of amides is 2. The second-order valence-electron chi connectivity index (χ2n) is 9.73. The summed E-state index contributed by atoms with van der Waals surface area (Å²) in [5.41, 5.74) is 1.87. The Bertz CT molecular complexity index is 897. The molecule has 0 bridgehead atoms. The number of hydrogen-bond acceptors (Lipinski definition) is 8. The zero-order valence-electron chi connectivity index (χ0n) is 21.1. The van der Waals surface area contributed by atoms with Crippen LogP contribution in [0.15, 0.2) is 21.2 Å². The average Bonchev–Trinajstić information content (AvgIpc) is 3.24. The van der Waals surface area contributed by atoms with E-state index in [1.165, 1.54) is 0 Å². The van der Waals surface area contributed by atoms with Crippen molar-refractivity contribution in [3.8, 4) is 0 Å². The predicted molar refractivity (Wildman–Crippen MR) is 129 cm³/mol. The van der Waals surface area contributed by atoms with Crippen LogP contribution in [-0.4, -0.2) is 94.1 Å². The number of carbonyl (C=O) groups excluding carboxylic acids is 2. The van der Waals surface area contributed by atoms with Crippen LogP contribution in [0, 0.1) is 13.8 Å². The molecule has 0 N–H and O–H groups in total. The molecule has 2 saturated heterocycles. The number of aromatic nitrogens is 2. The van der Waals surface area contributed by atoms with Gasteiger partial charge in [-0.05, 0) is 33.1 Å². The van der Waals surface area contributed by atoms with Gasteiger partial charge in [-0.25, -0.2) is 0 Å². The number of rotatable bonds is 8. The third kappa shape index (κ3) is 7.63. The quantitative estimate of drug-likeness (QED) is 0.560. The van der Waals surface area contributed by atoms with Crippen molar-refractivity contribution in [3.05, 3.63) is 35.0 Å². The molecule has 0 atom stereocenters. The monoisotopic (exact) mass is 486 g/mol. The van der Waals surface area contributed by atoms with Crippen molar-refractivity contribution >= 4 is 11.8 Å². The van der Waals surface area contributed by atoms with Crippen LogP contribution in [-0.2, 0) is 22.7 Å². The van der Waals surface area contributed by atoms with Gasteiger partial charge >= 0.3 is 0 Å². The molecule has 2 aliphatic rings. The second kappa shape index (κ2) is 12.3. The largest absolute Gasteiger partial charge is 0.361 e. The topological polar surface area (TPSA) is 99.2 Å². The maximum absolute atomic E-state index is 12.8. The summed E-state index contributed by atoms with van der Waals surface area (Å²) < 4.78 is 10.3. The summed E-state index contributed by atoms with van der Waals surface area (Å²) in [4.78, 5) is 34.1. The van der Waals surface area contributed by atoms with E-state index in [4.69, 9.17) is 9.05 Å². The van der Waals surface area contributed by atoms with Gasteiger partial charge in [-0.15, -0.1) is 0 Å². The van der Waals surface area contributed by atoms with Crippen molar-refractivity contribution in [2.45, 2.75) is 59.0 Å². The fourth-order valence-corrected chi connectivity index (χ4v) is 4.91. The molecular weight excluding hydrogens is 448 g/mol. The van der Waals surface area contributed by atoms with Gasteiger partial charge in [-0.2, -0.15) is 0 Å². The average molecular weight is 487 g/mol. The van der Waals surface area contributed by atoms with Crippen LogP contribution in [0.25, 0.3) is 0 Å². The summed E-state index contributed by atoms with van der Waals surface area (Å²) in [6, 6.07) is 3.93. The fourth-order valence-electron chi connectivity index (χ4n) is 4.91. The van der Waals surface area contributed by atoms with Gasteiger partial charge in [0.15, 0.2) is 0 Å². The van der Waals surface area contributed by atoms with Crippen molar-refractivity contribution in [2.75, 3.05) is 52.4 Å². The van der Waals surface area contributed by atoms with Crippen molar-refractivity contribution in [1.82, 2.24) is 29.9 Å². The minimum atomic E-state index is 0.155. The minimum absolute atomic E-state index is 0.155. The summed E-state index contributed by atoms with van der Waals surface area (Å²) in [6.07, 6.45) is 3.35. The molecule has 2 aromatic rings. The molecule has 0 aliphatic carbocycles. The van der Waals surface area contributed by atoms with Crippen LogP contribution in [0.4, 0.5) is 0 Å². The molecule has 0 aromatic carbocycles. The van der Waals surface area contributed by atoms with E-state index in [0.29, 0.717) is 19.3 Å². The van der Waals surface area contributed by atoms with Gasteiger partial charge in [0.25, 0.3) is 0 Å². The van der Waals surface area contributed by atoms with E-state index >= 15 is 0 Å². The molecule has 2 aliphatic heterocycles. The molecule has 192 valence electrons. The molecule has 0 saturated carbocycles. The number of carbonyl (C=O) groups is 2. The first kappa shape index (κ1) is 25.4. The first-order chi connectivity index (χ1) is 17.0. The van der Waals surface area contributed by atoms with E-state index in [1.54, 1.807) is 0 Å². The molecule has 10 heteroatoms. The number of hydrogen-bond donors (Lipinski definition) is 0. The first-order valence-corrected chi connectivity index (χ1v) is 12.8. The Morgan fingerprint density at radius 1 is 0.714 bits per heavy atom. The Morgan fingerprint density at radius 2 is 1.17 bits per heavy atom. The summed E-state index contributed by atoms with van der Waals surface area (Å²) in [7, 11) is 0. The zero-order valence-corrected chi connectivity index (χ0v) is 21.1. The molecule has 0 unspecified atom stereocenters. The third-order valence-corrected chi connectivity index (χ3v) is 6.79. The van der Waals surface area contributed by atoms with Gasteiger partial charge in [0.05, 0.1) is 11.4 Å². The molecule has 4 heterocycles. The van der Waals surface area contributed by atoms with Gasteiger partial charge in [-0.1, -0.05) is 10.3 Å². The van der Waals surface area contributed by atoms with Crippen LogP contribution in [0.1, 0.15) is 55.0 Å². The van der Waals surface area contributed by atoms with E-state index in [-0.39, 0.29) is 11.8 Å². The fraction of sp³-hybridized carbons (Fsp3) is 0.680. The normalized spacial score (nSPS) is 18.5. The third-order valence-electron chi connectivity index (χ3n) is 6.79. The van der Waals surface area contributed by atoms with Crippen molar-refractivity contribution in [2.24, 2.45) is 0 Å². The summed E-state index contributed by atoms with van der Waals surface area (Å²) >= 11 is 0. The van der Waals surface area contributed by atoms with Crippen LogP contribution in [0.2, 0.25) is 0 Å². The molecule has 0 radical (unpaired) electrons. The molecule has 4 rings (SSSR count). The highest BCUT2D eigenvalue weighted by molar-refractivity contribution is 5.79. The van der Waals surface area contributed by atoms with Crippen LogP contribution >= 0.6 is 0 Å². The second-order valence-corrected chi connectivity index (χ2v) is 9.73. The van der Waals surface area contributed by atoms with E-state index < -0.39 is 0 Å². The summed E-state index contributed by atoms with van der Waals surface area (Å²) in [5.74, 6) is 1.95. The van der Waals surface area contributed by atoms with Gasteiger partial charge in [0.1, 0.15) is 11.5 Å². The molecule has 2 aromatic heterocycles. The van der Waals surface area contributed by atoms with E-state index in [9.17, 15) is 9.59 Å². The Hall–Kier alpha value is -2.72. The maximum atomic E-state index is 12.8. The lowest BCUT2D eigenvalue weighted by atomic mass is 10.2. The molecule has 0 spiro atoms. The maximum Gasteiger partial charge on any atom is 0.222 e. The molecular formula is C25H38N6O4. The molecule has 2 fully saturated rings. The van der Waals surface area contributed by atoms with E-state index in [0.717, 1.165) is 101 Å². The van der Waals surface area contributed by atoms with Gasteiger partial charge in [-0.3, -0.25) is 19.4 Å². The SMILES string of the molecule is Cc1cc(CN2CCCN(C(=O)CCCC(=O)N3CCCN(Cc4cc(C)on4)CC3)CC2)no1. The predicted octanol–water partition coefficient (Wildman–Crippen LogP) is 2.22. The molecule has 2 amide bonds. The Balaban J connectivity index is 1.14. The molecule has 10 nitrogen and oxygen atoms in total. The number of nitrogens with zero attached hydrogens (tertiary/aromatic N) is 6. The summed E-state index contributed by atoms with van der Waals surface area (Å²) in [5, 5.41) is 8.15. The lowest BCUT2D eigenvalue weighted by molar-refractivity contribution is -0.132. The van der Waals surface area contributed by atoms with Crippen LogP contribution < -0.4 is 0 Å². The van der Waals surface area contributed by atoms with Crippen molar-refractivity contribution in [1.29, 1.82) is 0 Å². The zero-order chi connectivity index (χ0) is 24.6. The highest BCUT2D eigenvalue weighted by atomic mass is 16.5. The molecule has 35 heavy (non-hydrogen) atoms. The van der Waals surface area contributed by atoms with Crippen molar-refractivity contribution < 1.29 is 18.6 Å². The highest BCUT2D eigenvalue weighted by Crippen LogP contribution is 2.13. The van der Waals surface area contributed by atoms with Gasteiger partial charge in [0, 0.05) is 90.4 Å². The highest BCUT2D eigenvalue weighted by Gasteiger charge is 2.22. The van der Waals surface area contributed by atoms with Gasteiger partial charge in [0.2, 0.25) is 11.8 Å². The summed E-state index contributed by atoms with van der Waals surface area (Å²) in [6.45, 7) is 11.8. The Labute approximate surface area is 207 Å². The van der Waals surface area contributed by atoms with E-state index in [1.807, 2.05) is 35.8 Å². The standard InChI is InChI=1S/C25H38N6O4/c1-20-16-22(26-34-20)18-28-8-4-10-30(14-12-28)24(32)6-3-7-25(33)31-11-5-9-29(13-15-31)19-23-17-21(2)35-27-23/h16-17H,3-15,18-19H2,1-2H3. The smallest absolute Gasteiger partial charge is 0.222 e. The van der Waals surface area contributed by atoms with E-state index in [2.05, 4.69) is 20.1 Å². The Morgan fingerprint density at radius 3 is 1.57 bits per heavy atom. The number of aryl methyl sites for hydroxylation is 2.